The molecule has 1 aromatic carbocycles. The van der Waals surface area contributed by atoms with Crippen LogP contribution in [-0.2, 0) is 9.53 Å². The molecule has 2 amide bonds. The van der Waals surface area contributed by atoms with Crippen LogP contribution in [0.25, 0.3) is 0 Å². The number of amides is 2. The van der Waals surface area contributed by atoms with Gasteiger partial charge in [0.15, 0.2) is 0 Å². The summed E-state index contributed by atoms with van der Waals surface area (Å²) >= 11 is 0. The zero-order valence-corrected chi connectivity index (χ0v) is 14.8. The summed E-state index contributed by atoms with van der Waals surface area (Å²) in [5.74, 6) is -0.354. The van der Waals surface area contributed by atoms with Gasteiger partial charge in [-0.05, 0) is 24.5 Å². The highest BCUT2D eigenvalue weighted by atomic mass is 16.5. The minimum atomic E-state index is -0.449. The maximum Gasteiger partial charge on any atom is 0.254 e. The molecule has 1 aliphatic carbocycles. The number of nitrogens with zero attached hydrogens (tertiary/aromatic N) is 1. The van der Waals surface area contributed by atoms with Crippen molar-refractivity contribution in [1.29, 1.82) is 0 Å². The van der Waals surface area contributed by atoms with Gasteiger partial charge in [0.1, 0.15) is 0 Å². The Bertz CT molecular complexity index is 665. The van der Waals surface area contributed by atoms with E-state index in [1.54, 1.807) is 13.2 Å². The molecule has 0 radical (unpaired) electrons. The molecule has 0 aromatic heterocycles. The van der Waals surface area contributed by atoms with Gasteiger partial charge in [0.25, 0.3) is 5.91 Å². The molecule has 1 spiro atoms. The molecule has 0 saturated heterocycles. The minimum Gasteiger partial charge on any atom is -0.383 e. The summed E-state index contributed by atoms with van der Waals surface area (Å²) in [5.41, 5.74) is 1.04. The van der Waals surface area contributed by atoms with Gasteiger partial charge in [-0.1, -0.05) is 37.1 Å². The molecule has 25 heavy (non-hydrogen) atoms. The van der Waals surface area contributed by atoms with Gasteiger partial charge in [0.05, 0.1) is 18.1 Å². The average Bonchev–Trinajstić information content (AvgIpc) is 3.10. The van der Waals surface area contributed by atoms with Gasteiger partial charge in [-0.15, -0.1) is 6.58 Å². The number of methoxy groups -OCH3 is 1. The van der Waals surface area contributed by atoms with Gasteiger partial charge in [-0.25, -0.2) is 0 Å². The van der Waals surface area contributed by atoms with Crippen LogP contribution in [0.2, 0.25) is 0 Å². The van der Waals surface area contributed by atoms with Gasteiger partial charge in [-0.3, -0.25) is 9.59 Å². The van der Waals surface area contributed by atoms with Crippen molar-refractivity contribution in [2.75, 3.05) is 26.8 Å². The van der Waals surface area contributed by atoms with Crippen molar-refractivity contribution in [2.45, 2.75) is 37.1 Å². The summed E-state index contributed by atoms with van der Waals surface area (Å²) in [6.45, 7) is 5.09. The Morgan fingerprint density at radius 2 is 2.12 bits per heavy atom. The second-order valence-corrected chi connectivity index (χ2v) is 6.81. The molecule has 0 bridgehead atoms. The fourth-order valence-corrected chi connectivity index (χ4v) is 4.45. The van der Waals surface area contributed by atoms with Crippen molar-refractivity contribution in [3.05, 3.63) is 48.0 Å². The quantitative estimate of drug-likeness (QED) is 0.808. The molecule has 1 fully saturated rings. The highest BCUT2D eigenvalue weighted by Crippen LogP contribution is 2.50. The fraction of sp³-hybridized carbons (Fsp3) is 0.500. The molecule has 3 rings (SSSR count). The van der Waals surface area contributed by atoms with Crippen molar-refractivity contribution < 1.29 is 14.3 Å². The Morgan fingerprint density at radius 1 is 1.40 bits per heavy atom. The number of benzene rings is 1. The van der Waals surface area contributed by atoms with Crippen LogP contribution in [0.4, 0.5) is 0 Å². The number of ether oxygens (including phenoxy) is 1. The van der Waals surface area contributed by atoms with E-state index in [1.165, 1.54) is 0 Å². The smallest absolute Gasteiger partial charge is 0.254 e. The lowest BCUT2D eigenvalue weighted by Crippen LogP contribution is -2.61. The zero-order valence-electron chi connectivity index (χ0n) is 14.8. The third-order valence-corrected chi connectivity index (χ3v) is 5.49. The SMILES string of the molecule is C=CCNC(=O)C1c2ccccc2C(=O)N(CCOC)C12CCCC2. The second-order valence-electron chi connectivity index (χ2n) is 6.81. The maximum absolute atomic E-state index is 13.2. The molecular weight excluding hydrogens is 316 g/mol. The Kier molecular flexibility index (Phi) is 5.23. The average molecular weight is 342 g/mol. The van der Waals surface area contributed by atoms with Gasteiger partial charge in [-0.2, -0.15) is 0 Å². The predicted molar refractivity (Wildman–Crippen MR) is 96.5 cm³/mol. The molecule has 1 aliphatic heterocycles. The lowest BCUT2D eigenvalue weighted by atomic mass is 9.71. The highest BCUT2D eigenvalue weighted by Gasteiger charge is 2.55. The van der Waals surface area contributed by atoms with Crippen molar-refractivity contribution >= 4 is 11.8 Å². The Balaban J connectivity index is 2.10. The van der Waals surface area contributed by atoms with E-state index < -0.39 is 5.54 Å². The number of hydrogen-bond donors (Lipinski definition) is 1. The van der Waals surface area contributed by atoms with Crippen LogP contribution in [0.3, 0.4) is 0 Å². The molecule has 1 aromatic rings. The zero-order chi connectivity index (χ0) is 17.9. The molecule has 2 aliphatic rings. The predicted octanol–water partition coefficient (Wildman–Crippen LogP) is 2.49. The summed E-state index contributed by atoms with van der Waals surface area (Å²) < 4.78 is 5.24. The summed E-state index contributed by atoms with van der Waals surface area (Å²) in [6.07, 6.45) is 5.45. The Labute approximate surface area is 149 Å². The molecule has 1 N–H and O–H groups in total. The van der Waals surface area contributed by atoms with E-state index in [4.69, 9.17) is 4.74 Å². The number of nitrogens with one attached hydrogen (secondary N) is 1. The lowest BCUT2D eigenvalue weighted by Gasteiger charge is -2.50. The summed E-state index contributed by atoms with van der Waals surface area (Å²) in [4.78, 5) is 28.2. The van der Waals surface area contributed by atoms with Crippen molar-refractivity contribution in [3.63, 3.8) is 0 Å². The van der Waals surface area contributed by atoms with Crippen molar-refractivity contribution in [3.8, 4) is 0 Å². The standard InChI is InChI=1S/C20H26N2O3/c1-3-12-21-18(23)17-15-8-4-5-9-16(15)19(24)22(13-14-25-2)20(17)10-6-7-11-20/h3-5,8-9,17H,1,6-7,10-14H2,2H3,(H,21,23). The Morgan fingerprint density at radius 3 is 2.80 bits per heavy atom. The molecule has 1 saturated carbocycles. The topological polar surface area (TPSA) is 58.6 Å². The van der Waals surface area contributed by atoms with Crippen LogP contribution < -0.4 is 5.32 Å². The van der Waals surface area contributed by atoms with E-state index in [0.717, 1.165) is 31.2 Å². The lowest BCUT2D eigenvalue weighted by molar-refractivity contribution is -0.126. The molecule has 1 heterocycles. The van der Waals surface area contributed by atoms with E-state index in [1.807, 2.05) is 29.2 Å². The largest absolute Gasteiger partial charge is 0.383 e. The minimum absolute atomic E-state index is 0.0160. The van der Waals surface area contributed by atoms with Gasteiger partial charge >= 0.3 is 0 Å². The maximum atomic E-state index is 13.2. The molecular formula is C20H26N2O3. The molecule has 1 unspecified atom stereocenters. The molecule has 5 nitrogen and oxygen atoms in total. The van der Waals surface area contributed by atoms with E-state index in [9.17, 15) is 9.59 Å². The summed E-state index contributed by atoms with van der Waals surface area (Å²) in [5, 5.41) is 2.96. The number of fused-ring (bicyclic) bond motifs is 1. The monoisotopic (exact) mass is 342 g/mol. The number of rotatable bonds is 6. The number of carbonyl (C=O) groups is 2. The third-order valence-electron chi connectivity index (χ3n) is 5.49. The Hall–Kier alpha value is -2.14. The third kappa shape index (κ3) is 2.97. The van der Waals surface area contributed by atoms with Crippen LogP contribution in [0, 0.1) is 0 Å². The normalized spacial score (nSPS) is 21.2. The van der Waals surface area contributed by atoms with E-state index >= 15 is 0 Å². The molecule has 5 heteroatoms. The van der Waals surface area contributed by atoms with Crippen LogP contribution in [0.15, 0.2) is 36.9 Å². The first-order valence-electron chi connectivity index (χ1n) is 8.94. The second kappa shape index (κ2) is 7.40. The van der Waals surface area contributed by atoms with Gasteiger partial charge in [0, 0.05) is 25.8 Å². The number of hydrogen-bond acceptors (Lipinski definition) is 3. The summed E-state index contributed by atoms with van der Waals surface area (Å²) in [6, 6.07) is 7.52. The first-order valence-corrected chi connectivity index (χ1v) is 8.94. The molecule has 1 atom stereocenters. The number of carbonyl (C=O) groups excluding carboxylic acids is 2. The first kappa shape index (κ1) is 17.7. The van der Waals surface area contributed by atoms with E-state index in [0.29, 0.717) is 25.3 Å². The van der Waals surface area contributed by atoms with Gasteiger partial charge in [0.2, 0.25) is 5.91 Å². The molecule has 134 valence electrons. The van der Waals surface area contributed by atoms with Crippen LogP contribution >= 0.6 is 0 Å². The summed E-state index contributed by atoms with van der Waals surface area (Å²) in [7, 11) is 1.64. The van der Waals surface area contributed by atoms with E-state index in [-0.39, 0.29) is 17.7 Å². The fourth-order valence-electron chi connectivity index (χ4n) is 4.45. The van der Waals surface area contributed by atoms with Crippen molar-refractivity contribution in [2.24, 2.45) is 0 Å². The first-order chi connectivity index (χ1) is 12.2. The highest BCUT2D eigenvalue weighted by molar-refractivity contribution is 6.02. The van der Waals surface area contributed by atoms with Crippen LogP contribution in [0.1, 0.15) is 47.5 Å². The van der Waals surface area contributed by atoms with Crippen molar-refractivity contribution in [1.82, 2.24) is 10.2 Å². The van der Waals surface area contributed by atoms with Gasteiger partial charge < -0.3 is 15.0 Å². The van der Waals surface area contributed by atoms with Crippen LogP contribution in [0.5, 0.6) is 0 Å². The van der Waals surface area contributed by atoms with Crippen LogP contribution in [-0.4, -0.2) is 49.1 Å². The van der Waals surface area contributed by atoms with E-state index in [2.05, 4.69) is 11.9 Å².